The average molecular weight is 326 g/mol. The zero-order valence-electron chi connectivity index (χ0n) is 12.9. The van der Waals surface area contributed by atoms with Gasteiger partial charge in [0.2, 0.25) is 11.8 Å². The molecule has 2 rings (SSSR count). The van der Waals surface area contributed by atoms with Gasteiger partial charge in [0.15, 0.2) is 0 Å². The Morgan fingerprint density at radius 3 is 2.86 bits per heavy atom. The van der Waals surface area contributed by atoms with E-state index >= 15 is 0 Å². The molecule has 1 atom stereocenters. The number of hydrogen-bond acceptors (Lipinski definition) is 3. The second kappa shape index (κ2) is 8.76. The normalized spacial score (nSPS) is 15.4. The molecule has 1 saturated heterocycles. The van der Waals surface area contributed by atoms with Crippen LogP contribution in [0, 0.1) is 0 Å². The molecular weight excluding hydrogens is 302 g/mol. The predicted molar refractivity (Wildman–Crippen MR) is 90.0 cm³/mol. The molecule has 0 radical (unpaired) electrons. The monoisotopic (exact) mass is 325 g/mol. The highest BCUT2D eigenvalue weighted by Crippen LogP contribution is 2.22. The fourth-order valence-electron chi connectivity index (χ4n) is 2.52. The van der Waals surface area contributed by atoms with Crippen molar-refractivity contribution in [3.05, 3.63) is 29.8 Å². The van der Waals surface area contributed by atoms with Crippen molar-refractivity contribution in [2.24, 2.45) is 5.73 Å². The fraction of sp³-hybridized carbons (Fsp3) is 0.500. The van der Waals surface area contributed by atoms with E-state index in [1.165, 1.54) is 0 Å². The number of nitrogens with zero attached hydrogens (tertiary/aromatic N) is 1. The number of anilines is 1. The van der Waals surface area contributed by atoms with Gasteiger partial charge in [0.1, 0.15) is 0 Å². The van der Waals surface area contributed by atoms with E-state index in [0.717, 1.165) is 30.6 Å². The quantitative estimate of drug-likeness (QED) is 0.839. The Kier molecular flexibility index (Phi) is 7.35. The van der Waals surface area contributed by atoms with Crippen molar-refractivity contribution < 1.29 is 9.59 Å². The maximum absolute atomic E-state index is 11.8. The first-order chi connectivity index (χ1) is 10.1. The highest BCUT2D eigenvalue weighted by atomic mass is 35.5. The van der Waals surface area contributed by atoms with Gasteiger partial charge in [-0.1, -0.05) is 25.5 Å². The van der Waals surface area contributed by atoms with Gasteiger partial charge in [-0.25, -0.2) is 0 Å². The molecule has 1 fully saturated rings. The first-order valence-corrected chi connectivity index (χ1v) is 7.54. The van der Waals surface area contributed by atoms with Gasteiger partial charge in [-0.15, -0.1) is 12.4 Å². The summed E-state index contributed by atoms with van der Waals surface area (Å²) < 4.78 is 0. The second-order valence-corrected chi connectivity index (χ2v) is 5.43. The molecule has 122 valence electrons. The number of rotatable bonds is 6. The van der Waals surface area contributed by atoms with Crippen molar-refractivity contribution in [2.75, 3.05) is 11.4 Å². The zero-order valence-corrected chi connectivity index (χ0v) is 13.7. The Labute approximate surface area is 137 Å². The predicted octanol–water partition coefficient (Wildman–Crippen LogP) is 1.98. The smallest absolute Gasteiger partial charge is 0.237 e. The molecule has 6 heteroatoms. The third kappa shape index (κ3) is 4.71. The molecule has 0 spiro atoms. The molecule has 1 aromatic rings. The number of benzene rings is 1. The molecule has 22 heavy (non-hydrogen) atoms. The first-order valence-electron chi connectivity index (χ1n) is 7.54. The molecule has 5 nitrogen and oxygen atoms in total. The van der Waals surface area contributed by atoms with Crippen molar-refractivity contribution in [3.8, 4) is 0 Å². The molecule has 0 saturated carbocycles. The third-order valence-electron chi connectivity index (χ3n) is 3.70. The minimum atomic E-state index is -0.446. The molecule has 0 bridgehead atoms. The number of carbonyl (C=O) groups excluding carboxylic acids is 2. The molecular formula is C16H24ClN3O2. The number of carbonyl (C=O) groups is 2. The summed E-state index contributed by atoms with van der Waals surface area (Å²) in [6.45, 7) is 3.21. The van der Waals surface area contributed by atoms with Crippen LogP contribution in [0.2, 0.25) is 0 Å². The number of nitrogens with two attached hydrogens (primary N) is 1. The lowest BCUT2D eigenvalue weighted by atomic mass is 10.1. The Morgan fingerprint density at radius 2 is 2.23 bits per heavy atom. The van der Waals surface area contributed by atoms with Crippen LogP contribution in [0.4, 0.5) is 5.69 Å². The van der Waals surface area contributed by atoms with Crippen molar-refractivity contribution in [3.63, 3.8) is 0 Å². The Morgan fingerprint density at radius 1 is 1.45 bits per heavy atom. The van der Waals surface area contributed by atoms with Crippen LogP contribution < -0.4 is 16.0 Å². The van der Waals surface area contributed by atoms with E-state index in [1.807, 2.05) is 31.2 Å². The summed E-state index contributed by atoms with van der Waals surface area (Å²) in [7, 11) is 0. The standard InChI is InChI=1S/C16H23N3O2.ClH/c1-2-5-14(17)16(21)18-11-12-6-3-7-13(10-12)19-9-4-8-15(19)20;/h3,6-7,10,14H,2,4-5,8-9,11,17H2,1H3,(H,18,21);1H. The van der Waals surface area contributed by atoms with Crippen molar-refractivity contribution >= 4 is 29.9 Å². The van der Waals surface area contributed by atoms with E-state index in [2.05, 4.69) is 5.32 Å². The van der Waals surface area contributed by atoms with Crippen LogP contribution in [0.1, 0.15) is 38.2 Å². The molecule has 1 unspecified atom stereocenters. The van der Waals surface area contributed by atoms with Crippen LogP contribution in [-0.2, 0) is 16.1 Å². The first kappa shape index (κ1) is 18.5. The molecule has 1 heterocycles. The average Bonchev–Trinajstić information content (AvgIpc) is 2.91. The summed E-state index contributed by atoms with van der Waals surface area (Å²) in [5, 5.41) is 2.85. The van der Waals surface area contributed by atoms with Gasteiger partial charge in [-0.05, 0) is 30.5 Å². The third-order valence-corrected chi connectivity index (χ3v) is 3.70. The molecule has 0 aromatic heterocycles. The van der Waals surface area contributed by atoms with Gasteiger partial charge in [-0.3, -0.25) is 9.59 Å². The van der Waals surface area contributed by atoms with E-state index in [1.54, 1.807) is 4.90 Å². The lowest BCUT2D eigenvalue weighted by molar-refractivity contribution is -0.122. The van der Waals surface area contributed by atoms with Crippen LogP contribution in [0.25, 0.3) is 0 Å². The van der Waals surface area contributed by atoms with Crippen LogP contribution in [0.3, 0.4) is 0 Å². The highest BCUT2D eigenvalue weighted by Gasteiger charge is 2.21. The maximum atomic E-state index is 11.8. The number of halogens is 1. The second-order valence-electron chi connectivity index (χ2n) is 5.43. The number of amides is 2. The van der Waals surface area contributed by atoms with Crippen molar-refractivity contribution in [2.45, 2.75) is 45.2 Å². The molecule has 1 aliphatic rings. The van der Waals surface area contributed by atoms with Crippen LogP contribution in [0.15, 0.2) is 24.3 Å². The van der Waals surface area contributed by atoms with Gasteiger partial charge in [0, 0.05) is 25.2 Å². The number of hydrogen-bond donors (Lipinski definition) is 2. The summed E-state index contributed by atoms with van der Waals surface area (Å²) >= 11 is 0. The summed E-state index contributed by atoms with van der Waals surface area (Å²) in [6.07, 6.45) is 3.10. The van der Waals surface area contributed by atoms with Crippen LogP contribution in [-0.4, -0.2) is 24.4 Å². The van der Waals surface area contributed by atoms with Crippen LogP contribution in [0.5, 0.6) is 0 Å². The summed E-state index contributed by atoms with van der Waals surface area (Å²) in [6, 6.07) is 7.29. The fourth-order valence-corrected chi connectivity index (χ4v) is 2.52. The Balaban J connectivity index is 0.00000242. The van der Waals surface area contributed by atoms with E-state index in [-0.39, 0.29) is 24.2 Å². The van der Waals surface area contributed by atoms with E-state index < -0.39 is 6.04 Å². The largest absolute Gasteiger partial charge is 0.351 e. The highest BCUT2D eigenvalue weighted by molar-refractivity contribution is 5.95. The van der Waals surface area contributed by atoms with Gasteiger partial charge in [-0.2, -0.15) is 0 Å². The molecule has 1 aliphatic heterocycles. The lowest BCUT2D eigenvalue weighted by Gasteiger charge is -2.17. The van der Waals surface area contributed by atoms with E-state index in [9.17, 15) is 9.59 Å². The molecule has 1 aromatic carbocycles. The van der Waals surface area contributed by atoms with Gasteiger partial charge < -0.3 is 16.0 Å². The number of nitrogens with one attached hydrogen (secondary N) is 1. The maximum Gasteiger partial charge on any atom is 0.237 e. The van der Waals surface area contributed by atoms with Gasteiger partial charge in [0.25, 0.3) is 0 Å². The summed E-state index contributed by atoms with van der Waals surface area (Å²) in [5.41, 5.74) is 7.66. The molecule has 3 N–H and O–H groups in total. The van der Waals surface area contributed by atoms with Crippen molar-refractivity contribution in [1.82, 2.24) is 5.32 Å². The van der Waals surface area contributed by atoms with Gasteiger partial charge >= 0.3 is 0 Å². The Hall–Kier alpha value is -1.59. The lowest BCUT2D eigenvalue weighted by Crippen LogP contribution is -2.40. The molecule has 2 amide bonds. The molecule has 0 aliphatic carbocycles. The summed E-state index contributed by atoms with van der Waals surface area (Å²) in [5.74, 6) is 0.0423. The van der Waals surface area contributed by atoms with Gasteiger partial charge in [0.05, 0.1) is 6.04 Å². The van der Waals surface area contributed by atoms with E-state index in [0.29, 0.717) is 19.4 Å². The van der Waals surface area contributed by atoms with Crippen LogP contribution >= 0.6 is 12.4 Å². The minimum absolute atomic E-state index is 0. The SMILES string of the molecule is CCCC(N)C(=O)NCc1cccc(N2CCCC2=O)c1.Cl. The summed E-state index contributed by atoms with van der Waals surface area (Å²) in [4.78, 5) is 25.4. The minimum Gasteiger partial charge on any atom is -0.351 e. The topological polar surface area (TPSA) is 75.4 Å². The zero-order chi connectivity index (χ0) is 15.2. The Bertz CT molecular complexity index is 522. The van der Waals surface area contributed by atoms with E-state index in [4.69, 9.17) is 5.73 Å². The van der Waals surface area contributed by atoms with Crippen molar-refractivity contribution in [1.29, 1.82) is 0 Å².